The number of carboxylic acid groups (broad SMARTS) is 1. The second-order valence-corrected chi connectivity index (χ2v) is 13.7. The maximum atomic E-state index is 14.1. The molecular weight excluding hydrogens is 488 g/mol. The molecule has 0 aromatic heterocycles. The number of ketones is 4. The number of aliphatic hydroxyl groups is 2. The average Bonchev–Trinajstić information content (AvgIpc) is 3.03. The number of hydrogen-bond acceptors (Lipinski definition) is 7. The minimum absolute atomic E-state index is 0.0344. The number of carbonyl (C=O) groups excluding carboxylic acids is 4. The van der Waals surface area contributed by atoms with Gasteiger partial charge >= 0.3 is 5.97 Å². The van der Waals surface area contributed by atoms with Gasteiger partial charge in [0.1, 0.15) is 23.5 Å². The van der Waals surface area contributed by atoms with E-state index in [-0.39, 0.29) is 61.3 Å². The van der Waals surface area contributed by atoms with Crippen molar-refractivity contribution in [3.05, 3.63) is 11.1 Å². The van der Waals surface area contributed by atoms with Gasteiger partial charge in [-0.3, -0.25) is 24.0 Å². The van der Waals surface area contributed by atoms with Crippen molar-refractivity contribution in [2.45, 2.75) is 99.2 Å². The Morgan fingerprint density at radius 2 is 1.58 bits per heavy atom. The molecule has 4 aliphatic carbocycles. The number of carboxylic acids is 1. The fourth-order valence-corrected chi connectivity index (χ4v) is 8.95. The number of fused-ring (bicyclic) bond motifs is 4. The molecule has 4 rings (SSSR count). The topological polar surface area (TPSA) is 146 Å². The van der Waals surface area contributed by atoms with Crippen LogP contribution in [0.5, 0.6) is 0 Å². The quantitative estimate of drug-likeness (QED) is 0.474. The molecule has 9 atom stereocenters. The summed E-state index contributed by atoms with van der Waals surface area (Å²) in [6.45, 7) is 12.4. The Bertz CT molecular complexity index is 1150. The van der Waals surface area contributed by atoms with Crippen LogP contribution in [0.3, 0.4) is 0 Å². The Morgan fingerprint density at radius 1 is 0.974 bits per heavy atom. The van der Waals surface area contributed by atoms with Crippen molar-refractivity contribution in [1.29, 1.82) is 0 Å². The Morgan fingerprint density at radius 3 is 2.16 bits per heavy atom. The van der Waals surface area contributed by atoms with Gasteiger partial charge in [0.2, 0.25) is 0 Å². The van der Waals surface area contributed by atoms with E-state index in [1.54, 1.807) is 13.8 Å². The normalized spacial score (nSPS) is 41.8. The van der Waals surface area contributed by atoms with E-state index in [4.69, 9.17) is 0 Å². The maximum absolute atomic E-state index is 14.1. The molecule has 2 unspecified atom stereocenters. The van der Waals surface area contributed by atoms with Gasteiger partial charge in [-0.1, -0.05) is 41.5 Å². The van der Waals surface area contributed by atoms with Gasteiger partial charge in [0.25, 0.3) is 0 Å². The predicted octanol–water partition coefficient (Wildman–Crippen LogP) is 3.31. The molecule has 0 heterocycles. The Labute approximate surface area is 224 Å². The molecule has 4 aliphatic rings. The smallest absolute Gasteiger partial charge is 0.306 e. The maximum Gasteiger partial charge on any atom is 0.306 e. The number of hydrogen-bond donors (Lipinski definition) is 3. The van der Waals surface area contributed by atoms with Crippen molar-refractivity contribution in [2.75, 3.05) is 0 Å². The largest absolute Gasteiger partial charge is 0.481 e. The van der Waals surface area contributed by atoms with E-state index in [1.165, 1.54) is 6.92 Å². The van der Waals surface area contributed by atoms with Crippen molar-refractivity contribution < 1.29 is 39.3 Å². The van der Waals surface area contributed by atoms with Gasteiger partial charge in [0, 0.05) is 47.5 Å². The van der Waals surface area contributed by atoms with Crippen LogP contribution in [0, 0.1) is 45.3 Å². The van der Waals surface area contributed by atoms with E-state index in [9.17, 15) is 39.3 Å². The van der Waals surface area contributed by atoms with Crippen LogP contribution in [0.25, 0.3) is 0 Å². The first-order valence-corrected chi connectivity index (χ1v) is 13.8. The lowest BCUT2D eigenvalue weighted by molar-refractivity contribution is -0.158. The van der Waals surface area contributed by atoms with Crippen molar-refractivity contribution in [2.24, 2.45) is 45.3 Å². The second-order valence-electron chi connectivity index (χ2n) is 13.7. The third-order valence-electron chi connectivity index (χ3n) is 11.5. The highest BCUT2D eigenvalue weighted by Gasteiger charge is 2.73. The first kappa shape index (κ1) is 28.8. The summed E-state index contributed by atoms with van der Waals surface area (Å²) < 4.78 is 0. The van der Waals surface area contributed by atoms with Gasteiger partial charge in [-0.2, -0.15) is 0 Å². The standard InChI is InChI=1S/C30H42O8/c1-14(10-16(31)11-15(2)26(37)38)17-12-21(34)30(7)22-18(32)13-19-27(3,4)20(33)8-9-28(19,5)23(22)24(35)25(36)29(17,30)6/h14-15,17-19,25,32,36H,8-13H2,1-7H3,(H,37,38)/t14-,15?,17-,18+,19+,25?,28+,29+,30+/m1/s1. The molecule has 0 amide bonds. The summed E-state index contributed by atoms with van der Waals surface area (Å²) in [4.78, 5) is 64.8. The minimum Gasteiger partial charge on any atom is -0.481 e. The fourth-order valence-electron chi connectivity index (χ4n) is 8.95. The summed E-state index contributed by atoms with van der Waals surface area (Å²) >= 11 is 0. The highest BCUT2D eigenvalue weighted by Crippen LogP contribution is 2.70. The van der Waals surface area contributed by atoms with E-state index in [0.717, 1.165) is 0 Å². The Hall–Kier alpha value is -2.19. The van der Waals surface area contributed by atoms with Crippen molar-refractivity contribution in [1.82, 2.24) is 0 Å². The number of aliphatic hydroxyl groups excluding tert-OH is 2. The molecule has 3 N–H and O–H groups in total. The van der Waals surface area contributed by atoms with Crippen LogP contribution in [0.4, 0.5) is 0 Å². The van der Waals surface area contributed by atoms with Crippen LogP contribution in [0.2, 0.25) is 0 Å². The second kappa shape index (κ2) is 8.91. The van der Waals surface area contributed by atoms with Crippen LogP contribution in [0.1, 0.15) is 87.0 Å². The summed E-state index contributed by atoms with van der Waals surface area (Å²) in [5, 5.41) is 32.5. The number of Topliss-reactive ketones (excluding diaryl/α,β-unsaturated/α-hetero) is 4. The lowest BCUT2D eigenvalue weighted by Gasteiger charge is -2.61. The van der Waals surface area contributed by atoms with Gasteiger partial charge in [-0.05, 0) is 43.1 Å². The van der Waals surface area contributed by atoms with Gasteiger partial charge in [0.15, 0.2) is 5.78 Å². The number of aliphatic carboxylic acids is 1. The molecule has 8 heteroatoms. The number of carbonyl (C=O) groups is 5. The third kappa shape index (κ3) is 3.58. The van der Waals surface area contributed by atoms with E-state index in [2.05, 4.69) is 0 Å². The molecule has 210 valence electrons. The molecule has 0 aromatic carbocycles. The van der Waals surface area contributed by atoms with Crippen molar-refractivity contribution >= 4 is 29.1 Å². The van der Waals surface area contributed by atoms with Crippen molar-refractivity contribution in [3.8, 4) is 0 Å². The van der Waals surface area contributed by atoms with Gasteiger partial charge in [-0.15, -0.1) is 0 Å². The molecule has 8 nitrogen and oxygen atoms in total. The third-order valence-corrected chi connectivity index (χ3v) is 11.5. The molecule has 0 aliphatic heterocycles. The van der Waals surface area contributed by atoms with E-state index >= 15 is 0 Å². The first-order chi connectivity index (χ1) is 17.4. The van der Waals surface area contributed by atoms with Gasteiger partial charge in [-0.25, -0.2) is 0 Å². The summed E-state index contributed by atoms with van der Waals surface area (Å²) in [6, 6.07) is 0. The van der Waals surface area contributed by atoms with Crippen LogP contribution >= 0.6 is 0 Å². The van der Waals surface area contributed by atoms with E-state index in [1.807, 2.05) is 27.7 Å². The highest BCUT2D eigenvalue weighted by molar-refractivity contribution is 6.08. The zero-order valence-electron chi connectivity index (χ0n) is 23.6. The molecular formula is C30H42O8. The minimum atomic E-state index is -1.51. The van der Waals surface area contributed by atoms with Crippen LogP contribution in [-0.2, 0) is 24.0 Å². The van der Waals surface area contributed by atoms with Gasteiger partial charge in [0.05, 0.1) is 17.4 Å². The molecule has 0 spiro atoms. The molecule has 2 fully saturated rings. The predicted molar refractivity (Wildman–Crippen MR) is 138 cm³/mol. The molecule has 38 heavy (non-hydrogen) atoms. The van der Waals surface area contributed by atoms with Crippen molar-refractivity contribution in [3.63, 3.8) is 0 Å². The lowest BCUT2D eigenvalue weighted by atomic mass is 9.42. The van der Waals surface area contributed by atoms with E-state index < -0.39 is 57.5 Å². The summed E-state index contributed by atoms with van der Waals surface area (Å²) in [5.74, 6) is -3.91. The summed E-state index contributed by atoms with van der Waals surface area (Å²) in [5.41, 5.74) is -3.37. The zero-order valence-corrected chi connectivity index (χ0v) is 23.6. The zero-order chi connectivity index (χ0) is 28.7. The molecule has 0 radical (unpaired) electrons. The fraction of sp³-hybridized carbons (Fsp3) is 0.767. The highest BCUT2D eigenvalue weighted by atomic mass is 16.4. The Balaban J connectivity index is 1.80. The molecule has 2 saturated carbocycles. The SMILES string of the molecule is CC(CC(=O)C[C@@H](C)[C@H]1CC(=O)[C@@]2(C)C3=C(C(=O)C(O)[C@]12C)[C@@]1(C)CCC(=O)C(C)(C)[C@@H]1C[C@@H]3O)C(=O)O. The lowest BCUT2D eigenvalue weighted by Crippen LogP contribution is -2.64. The van der Waals surface area contributed by atoms with Crippen LogP contribution in [-0.4, -0.2) is 56.6 Å². The number of rotatable bonds is 6. The average molecular weight is 531 g/mol. The Kier molecular flexibility index (Phi) is 6.76. The summed E-state index contributed by atoms with van der Waals surface area (Å²) in [7, 11) is 0. The summed E-state index contributed by atoms with van der Waals surface area (Å²) in [6.07, 6.45) is -1.71. The van der Waals surface area contributed by atoms with E-state index in [0.29, 0.717) is 17.6 Å². The van der Waals surface area contributed by atoms with Crippen LogP contribution < -0.4 is 0 Å². The molecule has 0 saturated heterocycles. The first-order valence-electron chi connectivity index (χ1n) is 13.8. The molecule has 0 bridgehead atoms. The van der Waals surface area contributed by atoms with Gasteiger partial charge < -0.3 is 15.3 Å². The monoisotopic (exact) mass is 530 g/mol. The molecule has 0 aromatic rings. The van der Waals surface area contributed by atoms with Crippen LogP contribution in [0.15, 0.2) is 11.1 Å².